The summed E-state index contributed by atoms with van der Waals surface area (Å²) in [5, 5.41) is 5.40. The van der Waals surface area contributed by atoms with E-state index in [0.29, 0.717) is 12.2 Å². The van der Waals surface area contributed by atoms with Crippen molar-refractivity contribution in [1.82, 2.24) is 19.9 Å². The molecule has 0 aliphatic carbocycles. The fourth-order valence-electron chi connectivity index (χ4n) is 4.51. The summed E-state index contributed by atoms with van der Waals surface area (Å²) in [6.07, 6.45) is 3.87. The highest BCUT2D eigenvalue weighted by Crippen LogP contribution is 2.30. The van der Waals surface area contributed by atoms with E-state index in [-0.39, 0.29) is 11.8 Å². The zero-order valence-electron chi connectivity index (χ0n) is 18.6. The lowest BCUT2D eigenvalue weighted by molar-refractivity contribution is 0.0701. The minimum atomic E-state index is 0.0644. The fraction of sp³-hybridized carbons (Fsp3) is 0.320. The standard InChI is InChI=1S/C25H27N5OS/c1-15-6-4-8-21-20(15)12-23(29-21)24(31)30-9-5-7-18(14-30)22-11-19(10-16(2)27-22)28-25-26-13-17(3)32-25/h4,6,8,10-13,18,29H,5,7,9,14H2,1-3H3,(H,26,27,28). The predicted octanol–water partition coefficient (Wildman–Crippen LogP) is 5.71. The van der Waals surface area contributed by atoms with Gasteiger partial charge in [0.2, 0.25) is 0 Å². The van der Waals surface area contributed by atoms with Crippen LogP contribution in [0.3, 0.4) is 0 Å². The molecule has 0 bridgehead atoms. The van der Waals surface area contributed by atoms with E-state index < -0.39 is 0 Å². The summed E-state index contributed by atoms with van der Waals surface area (Å²) in [6.45, 7) is 7.59. The van der Waals surface area contributed by atoms with E-state index in [9.17, 15) is 4.79 Å². The van der Waals surface area contributed by atoms with Crippen molar-refractivity contribution in [3.63, 3.8) is 0 Å². The van der Waals surface area contributed by atoms with Crippen molar-refractivity contribution in [2.24, 2.45) is 0 Å². The van der Waals surface area contributed by atoms with Gasteiger partial charge in [0.1, 0.15) is 5.69 Å². The van der Waals surface area contributed by atoms with E-state index >= 15 is 0 Å². The number of H-pyrrole nitrogens is 1. The average Bonchev–Trinajstić information content (AvgIpc) is 3.40. The number of nitrogens with zero attached hydrogens (tertiary/aromatic N) is 3. The van der Waals surface area contributed by atoms with Crippen LogP contribution in [0.2, 0.25) is 0 Å². The molecule has 3 aromatic heterocycles. The Morgan fingerprint density at radius 2 is 2.09 bits per heavy atom. The van der Waals surface area contributed by atoms with Crippen LogP contribution in [0.1, 0.15) is 51.1 Å². The smallest absolute Gasteiger partial charge is 0.270 e. The third-order valence-corrected chi connectivity index (χ3v) is 6.91. The van der Waals surface area contributed by atoms with Gasteiger partial charge in [-0.25, -0.2) is 4.98 Å². The number of pyridine rings is 1. The van der Waals surface area contributed by atoms with E-state index in [1.54, 1.807) is 11.3 Å². The number of piperidine rings is 1. The largest absolute Gasteiger partial charge is 0.351 e. The van der Waals surface area contributed by atoms with Gasteiger partial charge in [-0.2, -0.15) is 0 Å². The zero-order valence-corrected chi connectivity index (χ0v) is 19.4. The number of anilines is 2. The summed E-state index contributed by atoms with van der Waals surface area (Å²) >= 11 is 1.64. The molecule has 4 heterocycles. The van der Waals surface area contributed by atoms with Crippen LogP contribution < -0.4 is 5.32 Å². The Kier molecular flexibility index (Phi) is 5.43. The first-order chi connectivity index (χ1) is 15.5. The minimum absolute atomic E-state index is 0.0644. The summed E-state index contributed by atoms with van der Waals surface area (Å²) in [4.78, 5) is 29.0. The second-order valence-electron chi connectivity index (χ2n) is 8.63. The topological polar surface area (TPSA) is 73.9 Å². The molecule has 7 heteroatoms. The number of likely N-dealkylation sites (tertiary alicyclic amines) is 1. The van der Waals surface area contributed by atoms with Crippen LogP contribution in [-0.4, -0.2) is 38.8 Å². The molecular weight excluding hydrogens is 418 g/mol. The van der Waals surface area contributed by atoms with Crippen molar-refractivity contribution in [3.8, 4) is 0 Å². The molecular formula is C25H27N5OS. The number of hydrogen-bond acceptors (Lipinski definition) is 5. The highest BCUT2D eigenvalue weighted by Gasteiger charge is 2.27. The lowest BCUT2D eigenvalue weighted by atomic mass is 9.93. The molecule has 4 aromatic rings. The Hall–Kier alpha value is -3.19. The number of thiazole rings is 1. The number of fused-ring (bicyclic) bond motifs is 1. The van der Waals surface area contributed by atoms with Gasteiger partial charge in [-0.15, -0.1) is 11.3 Å². The van der Waals surface area contributed by atoms with Crippen LogP contribution in [0, 0.1) is 20.8 Å². The Morgan fingerprint density at radius 3 is 2.88 bits per heavy atom. The van der Waals surface area contributed by atoms with Gasteiger partial charge in [0.15, 0.2) is 5.13 Å². The Bertz CT molecular complexity index is 1290. The molecule has 6 nitrogen and oxygen atoms in total. The van der Waals surface area contributed by atoms with Crippen LogP contribution in [0.4, 0.5) is 10.8 Å². The van der Waals surface area contributed by atoms with Crippen molar-refractivity contribution in [1.29, 1.82) is 0 Å². The van der Waals surface area contributed by atoms with Crippen molar-refractivity contribution >= 4 is 39.0 Å². The molecule has 1 fully saturated rings. The molecule has 1 saturated heterocycles. The van der Waals surface area contributed by atoms with E-state index in [4.69, 9.17) is 4.98 Å². The first-order valence-electron chi connectivity index (χ1n) is 11.0. The third kappa shape index (κ3) is 4.12. The maximum Gasteiger partial charge on any atom is 0.270 e. The van der Waals surface area contributed by atoms with Gasteiger partial charge < -0.3 is 15.2 Å². The quantitative estimate of drug-likeness (QED) is 0.422. The van der Waals surface area contributed by atoms with Gasteiger partial charge in [-0.3, -0.25) is 9.78 Å². The van der Waals surface area contributed by atoms with Crippen LogP contribution >= 0.6 is 11.3 Å². The predicted molar refractivity (Wildman–Crippen MR) is 130 cm³/mol. The van der Waals surface area contributed by atoms with Gasteiger partial charge >= 0.3 is 0 Å². The molecule has 1 unspecified atom stereocenters. The number of nitrogens with one attached hydrogen (secondary N) is 2. The number of hydrogen-bond donors (Lipinski definition) is 2. The van der Waals surface area contributed by atoms with Crippen LogP contribution in [-0.2, 0) is 0 Å². The maximum absolute atomic E-state index is 13.3. The van der Waals surface area contributed by atoms with Crippen molar-refractivity contribution in [2.45, 2.75) is 39.5 Å². The first-order valence-corrected chi connectivity index (χ1v) is 11.8. The monoisotopic (exact) mass is 445 g/mol. The Morgan fingerprint density at radius 1 is 1.22 bits per heavy atom. The molecule has 1 amide bonds. The number of carbonyl (C=O) groups excluding carboxylic acids is 1. The molecule has 32 heavy (non-hydrogen) atoms. The Balaban J connectivity index is 1.36. The van der Waals surface area contributed by atoms with E-state index in [1.807, 2.05) is 49.2 Å². The van der Waals surface area contributed by atoms with E-state index in [1.165, 1.54) is 10.4 Å². The Labute approximate surface area is 191 Å². The van der Waals surface area contributed by atoms with Gasteiger partial charge in [-0.1, -0.05) is 12.1 Å². The normalized spacial score (nSPS) is 16.5. The molecule has 5 rings (SSSR count). The number of carbonyl (C=O) groups is 1. The summed E-state index contributed by atoms with van der Waals surface area (Å²) in [7, 11) is 0. The molecule has 1 atom stereocenters. The molecule has 0 radical (unpaired) electrons. The molecule has 0 saturated carbocycles. The SMILES string of the molecule is Cc1cc(Nc2ncc(C)s2)cc(C2CCCN(C(=O)c3cc4c(C)cccc4[nH]3)C2)n1. The summed E-state index contributed by atoms with van der Waals surface area (Å²) in [5.74, 6) is 0.284. The first kappa shape index (κ1) is 20.7. The maximum atomic E-state index is 13.3. The molecule has 0 spiro atoms. The molecule has 1 aromatic carbocycles. The number of aromatic nitrogens is 3. The highest BCUT2D eigenvalue weighted by molar-refractivity contribution is 7.15. The van der Waals surface area contributed by atoms with E-state index in [0.717, 1.165) is 52.5 Å². The summed E-state index contributed by atoms with van der Waals surface area (Å²) in [5.41, 5.74) is 5.84. The van der Waals surface area contributed by atoms with Crippen molar-refractivity contribution in [2.75, 3.05) is 18.4 Å². The second-order valence-corrected chi connectivity index (χ2v) is 9.87. The van der Waals surface area contributed by atoms with Gasteiger partial charge in [0, 0.05) is 58.1 Å². The van der Waals surface area contributed by atoms with Gasteiger partial charge in [0.25, 0.3) is 5.91 Å². The van der Waals surface area contributed by atoms with Crippen molar-refractivity contribution in [3.05, 3.63) is 70.1 Å². The number of amides is 1. The molecule has 1 aliphatic rings. The van der Waals surface area contributed by atoms with Gasteiger partial charge in [-0.05, 0) is 63.4 Å². The fourth-order valence-corrected chi connectivity index (χ4v) is 5.19. The minimum Gasteiger partial charge on any atom is -0.351 e. The number of rotatable bonds is 4. The van der Waals surface area contributed by atoms with Gasteiger partial charge in [0.05, 0.1) is 0 Å². The zero-order chi connectivity index (χ0) is 22.2. The number of aromatic amines is 1. The van der Waals surface area contributed by atoms with Crippen molar-refractivity contribution < 1.29 is 4.79 Å². The molecule has 1 aliphatic heterocycles. The summed E-state index contributed by atoms with van der Waals surface area (Å²) in [6, 6.07) is 12.2. The average molecular weight is 446 g/mol. The number of aryl methyl sites for hydroxylation is 3. The lowest BCUT2D eigenvalue weighted by Gasteiger charge is -2.32. The van der Waals surface area contributed by atoms with Crippen LogP contribution in [0.5, 0.6) is 0 Å². The van der Waals surface area contributed by atoms with Crippen LogP contribution in [0.25, 0.3) is 10.9 Å². The molecule has 164 valence electrons. The lowest BCUT2D eigenvalue weighted by Crippen LogP contribution is -2.39. The summed E-state index contributed by atoms with van der Waals surface area (Å²) < 4.78 is 0. The van der Waals surface area contributed by atoms with E-state index in [2.05, 4.69) is 34.3 Å². The third-order valence-electron chi connectivity index (χ3n) is 6.09. The highest BCUT2D eigenvalue weighted by atomic mass is 32.1. The number of benzene rings is 1. The molecule has 2 N–H and O–H groups in total. The van der Waals surface area contributed by atoms with Crippen LogP contribution in [0.15, 0.2) is 42.6 Å². The second kappa shape index (κ2) is 8.39.